The van der Waals surface area contributed by atoms with Crippen LogP contribution in [-0.4, -0.2) is 34.2 Å². The summed E-state index contributed by atoms with van der Waals surface area (Å²) in [5.41, 5.74) is 3.23. The standard InChI is InChI=1S/C20H32N2O2/c1-5-7-8-13-22(14(3)10-6-2)20(24)19-15(4)18-16(21-19)11-9-12-17(18)23/h14,21H,5-13H2,1-4H3/t14-/m1/s1. The van der Waals surface area contributed by atoms with Crippen LogP contribution in [0.3, 0.4) is 0 Å². The molecule has 1 aliphatic rings. The smallest absolute Gasteiger partial charge is 0.270 e. The molecule has 1 aromatic heterocycles. The van der Waals surface area contributed by atoms with Gasteiger partial charge in [-0.2, -0.15) is 0 Å². The number of nitrogens with zero attached hydrogens (tertiary/aromatic N) is 1. The number of unbranched alkanes of at least 4 members (excludes halogenated alkanes) is 2. The molecule has 1 aliphatic carbocycles. The highest BCUT2D eigenvalue weighted by molar-refractivity contribution is 6.04. The zero-order chi connectivity index (χ0) is 17.7. The first-order chi connectivity index (χ1) is 11.5. The predicted octanol–water partition coefficient (Wildman–Crippen LogP) is 4.66. The van der Waals surface area contributed by atoms with Gasteiger partial charge in [0.1, 0.15) is 5.69 Å². The summed E-state index contributed by atoms with van der Waals surface area (Å²) in [5, 5.41) is 0. The van der Waals surface area contributed by atoms with Crippen molar-refractivity contribution >= 4 is 11.7 Å². The fraction of sp³-hybridized carbons (Fsp3) is 0.700. The summed E-state index contributed by atoms with van der Waals surface area (Å²) in [6.45, 7) is 9.18. The summed E-state index contributed by atoms with van der Waals surface area (Å²) in [5.74, 6) is 0.245. The SMILES string of the molecule is CCCCCN(C(=O)c1[nH]c2c(c1C)C(=O)CCC2)[C@H](C)CCC. The van der Waals surface area contributed by atoms with Crippen molar-refractivity contribution in [3.05, 3.63) is 22.5 Å². The van der Waals surface area contributed by atoms with Gasteiger partial charge in [-0.15, -0.1) is 0 Å². The van der Waals surface area contributed by atoms with Gasteiger partial charge in [0.05, 0.1) is 0 Å². The lowest BCUT2D eigenvalue weighted by atomic mass is 9.93. The first-order valence-electron chi connectivity index (χ1n) is 9.56. The minimum atomic E-state index is 0.0618. The molecule has 0 spiro atoms. The molecule has 0 aliphatic heterocycles. The number of carbonyl (C=O) groups is 2. The van der Waals surface area contributed by atoms with E-state index in [0.717, 1.165) is 68.3 Å². The fourth-order valence-corrected chi connectivity index (χ4v) is 3.76. The van der Waals surface area contributed by atoms with Crippen molar-refractivity contribution in [1.82, 2.24) is 9.88 Å². The van der Waals surface area contributed by atoms with Gasteiger partial charge < -0.3 is 9.88 Å². The second-order valence-electron chi connectivity index (χ2n) is 7.10. The number of ketones is 1. The van der Waals surface area contributed by atoms with Crippen LogP contribution in [0.2, 0.25) is 0 Å². The summed E-state index contributed by atoms with van der Waals surface area (Å²) < 4.78 is 0. The van der Waals surface area contributed by atoms with Crippen LogP contribution in [0.25, 0.3) is 0 Å². The van der Waals surface area contributed by atoms with Gasteiger partial charge in [-0.05, 0) is 45.1 Å². The molecule has 0 unspecified atom stereocenters. The third-order valence-electron chi connectivity index (χ3n) is 5.15. The molecule has 4 nitrogen and oxygen atoms in total. The zero-order valence-corrected chi connectivity index (χ0v) is 15.7. The summed E-state index contributed by atoms with van der Waals surface area (Å²) in [6, 6.07) is 0.231. The number of aromatic amines is 1. The van der Waals surface area contributed by atoms with Crippen LogP contribution < -0.4 is 0 Å². The van der Waals surface area contributed by atoms with Crippen LogP contribution in [0.1, 0.15) is 97.8 Å². The maximum absolute atomic E-state index is 13.2. The molecule has 0 fully saturated rings. The van der Waals surface area contributed by atoms with Crippen molar-refractivity contribution < 1.29 is 9.59 Å². The summed E-state index contributed by atoms with van der Waals surface area (Å²) in [7, 11) is 0. The average molecular weight is 332 g/mol. The topological polar surface area (TPSA) is 53.2 Å². The molecule has 1 heterocycles. The number of fused-ring (bicyclic) bond motifs is 1. The monoisotopic (exact) mass is 332 g/mol. The molecule has 0 saturated heterocycles. The second-order valence-corrected chi connectivity index (χ2v) is 7.10. The van der Waals surface area contributed by atoms with Crippen molar-refractivity contribution in [2.75, 3.05) is 6.54 Å². The lowest BCUT2D eigenvalue weighted by molar-refractivity contribution is 0.0673. The van der Waals surface area contributed by atoms with Gasteiger partial charge in [-0.3, -0.25) is 9.59 Å². The van der Waals surface area contributed by atoms with E-state index in [-0.39, 0.29) is 17.7 Å². The number of nitrogens with one attached hydrogen (secondary N) is 1. The quantitative estimate of drug-likeness (QED) is 0.704. The number of hydrogen-bond donors (Lipinski definition) is 1. The normalized spacial score (nSPS) is 15.2. The zero-order valence-electron chi connectivity index (χ0n) is 15.7. The Morgan fingerprint density at radius 1 is 1.21 bits per heavy atom. The van der Waals surface area contributed by atoms with Crippen LogP contribution in [0, 0.1) is 6.92 Å². The lowest BCUT2D eigenvalue weighted by Crippen LogP contribution is -2.39. The number of amides is 1. The van der Waals surface area contributed by atoms with E-state index in [1.807, 2.05) is 11.8 Å². The van der Waals surface area contributed by atoms with Gasteiger partial charge in [-0.25, -0.2) is 0 Å². The maximum atomic E-state index is 13.2. The van der Waals surface area contributed by atoms with Gasteiger partial charge in [0, 0.05) is 30.3 Å². The Morgan fingerprint density at radius 2 is 1.96 bits per heavy atom. The number of hydrogen-bond acceptors (Lipinski definition) is 2. The number of H-pyrrole nitrogens is 1. The van der Waals surface area contributed by atoms with E-state index in [4.69, 9.17) is 0 Å². The van der Waals surface area contributed by atoms with Gasteiger partial charge in [0.25, 0.3) is 5.91 Å². The molecule has 1 N–H and O–H groups in total. The molecule has 0 aromatic carbocycles. The first-order valence-corrected chi connectivity index (χ1v) is 9.56. The van der Waals surface area contributed by atoms with Crippen molar-refractivity contribution in [2.24, 2.45) is 0 Å². The molecule has 0 saturated carbocycles. The maximum Gasteiger partial charge on any atom is 0.270 e. The van der Waals surface area contributed by atoms with Crippen molar-refractivity contribution in [1.29, 1.82) is 0 Å². The van der Waals surface area contributed by atoms with Crippen LogP contribution >= 0.6 is 0 Å². The van der Waals surface area contributed by atoms with Crippen LogP contribution in [0.15, 0.2) is 0 Å². The van der Waals surface area contributed by atoms with Crippen LogP contribution in [0.5, 0.6) is 0 Å². The molecular formula is C20H32N2O2. The van der Waals surface area contributed by atoms with E-state index in [0.29, 0.717) is 12.1 Å². The van der Waals surface area contributed by atoms with Gasteiger partial charge in [0.15, 0.2) is 5.78 Å². The Kier molecular flexibility index (Phi) is 6.64. The number of aromatic nitrogens is 1. The lowest BCUT2D eigenvalue weighted by Gasteiger charge is -2.29. The first kappa shape index (κ1) is 18.8. The molecule has 1 amide bonds. The number of carbonyl (C=O) groups excluding carboxylic acids is 2. The van der Waals surface area contributed by atoms with E-state index in [9.17, 15) is 9.59 Å². The average Bonchev–Trinajstić information content (AvgIpc) is 2.89. The Balaban J connectivity index is 2.26. The van der Waals surface area contributed by atoms with E-state index < -0.39 is 0 Å². The van der Waals surface area contributed by atoms with E-state index >= 15 is 0 Å². The number of rotatable bonds is 8. The van der Waals surface area contributed by atoms with Gasteiger partial charge in [-0.1, -0.05) is 33.1 Å². The minimum Gasteiger partial charge on any atom is -0.354 e. The largest absolute Gasteiger partial charge is 0.354 e. The summed E-state index contributed by atoms with van der Waals surface area (Å²) in [6.07, 6.45) is 7.76. The van der Waals surface area contributed by atoms with Crippen LogP contribution in [-0.2, 0) is 6.42 Å². The predicted molar refractivity (Wildman–Crippen MR) is 97.7 cm³/mol. The van der Waals surface area contributed by atoms with Crippen molar-refractivity contribution in [3.63, 3.8) is 0 Å². The third kappa shape index (κ3) is 3.90. The Bertz CT molecular complexity index is 589. The van der Waals surface area contributed by atoms with E-state index in [2.05, 4.69) is 25.8 Å². The van der Waals surface area contributed by atoms with Gasteiger partial charge in [0.2, 0.25) is 0 Å². The van der Waals surface area contributed by atoms with Gasteiger partial charge >= 0.3 is 0 Å². The van der Waals surface area contributed by atoms with E-state index in [1.54, 1.807) is 0 Å². The molecule has 134 valence electrons. The molecule has 0 radical (unpaired) electrons. The van der Waals surface area contributed by atoms with Crippen molar-refractivity contribution in [3.8, 4) is 0 Å². The highest BCUT2D eigenvalue weighted by Gasteiger charge is 2.29. The summed E-state index contributed by atoms with van der Waals surface area (Å²) in [4.78, 5) is 30.7. The Labute approximate surface area is 146 Å². The number of aryl methyl sites for hydroxylation is 1. The number of Topliss-reactive ketones (excluding diaryl/α,β-unsaturated/α-hetero) is 1. The molecule has 0 bridgehead atoms. The third-order valence-corrected chi connectivity index (χ3v) is 5.15. The van der Waals surface area contributed by atoms with Crippen LogP contribution in [0.4, 0.5) is 0 Å². The molecule has 1 aromatic rings. The highest BCUT2D eigenvalue weighted by Crippen LogP contribution is 2.27. The molecule has 2 rings (SSSR count). The second kappa shape index (κ2) is 8.50. The summed E-state index contributed by atoms with van der Waals surface area (Å²) >= 11 is 0. The molecule has 1 atom stereocenters. The molecule has 24 heavy (non-hydrogen) atoms. The Hall–Kier alpha value is -1.58. The molecular weight excluding hydrogens is 300 g/mol. The van der Waals surface area contributed by atoms with E-state index in [1.165, 1.54) is 0 Å². The highest BCUT2D eigenvalue weighted by atomic mass is 16.2. The Morgan fingerprint density at radius 3 is 2.58 bits per heavy atom. The fourth-order valence-electron chi connectivity index (χ4n) is 3.76. The minimum absolute atomic E-state index is 0.0618. The van der Waals surface area contributed by atoms with Crippen molar-refractivity contribution in [2.45, 2.75) is 85.1 Å². The molecule has 4 heteroatoms.